The minimum Gasteiger partial charge on any atom is -0.325 e. The molecule has 1 heterocycles. The molecule has 0 radical (unpaired) electrons. The van der Waals surface area contributed by atoms with Gasteiger partial charge in [-0.1, -0.05) is 48.2 Å². The SMILES string of the molecule is Cc1ccc(F)cc1NC(=O)CSc1nnnn1Cc1ccccc1. The summed E-state index contributed by atoms with van der Waals surface area (Å²) in [6.07, 6.45) is 0. The van der Waals surface area contributed by atoms with Crippen molar-refractivity contribution in [2.45, 2.75) is 18.6 Å². The number of benzene rings is 2. The highest BCUT2D eigenvalue weighted by atomic mass is 32.2. The molecule has 6 nitrogen and oxygen atoms in total. The number of carbonyl (C=O) groups excluding carboxylic acids is 1. The van der Waals surface area contributed by atoms with Crippen molar-refractivity contribution in [3.8, 4) is 0 Å². The van der Waals surface area contributed by atoms with E-state index in [1.165, 1.54) is 23.9 Å². The lowest BCUT2D eigenvalue weighted by Crippen LogP contribution is -2.15. The molecule has 0 aliphatic heterocycles. The maximum absolute atomic E-state index is 13.3. The Morgan fingerprint density at radius 2 is 2.04 bits per heavy atom. The van der Waals surface area contributed by atoms with Crippen LogP contribution in [0.15, 0.2) is 53.7 Å². The van der Waals surface area contributed by atoms with Crippen molar-refractivity contribution in [1.82, 2.24) is 20.2 Å². The smallest absolute Gasteiger partial charge is 0.234 e. The van der Waals surface area contributed by atoms with Gasteiger partial charge in [-0.3, -0.25) is 4.79 Å². The van der Waals surface area contributed by atoms with E-state index in [1.807, 2.05) is 37.3 Å². The maximum atomic E-state index is 13.3. The molecule has 1 amide bonds. The first-order valence-corrected chi connectivity index (χ1v) is 8.59. The summed E-state index contributed by atoms with van der Waals surface area (Å²) in [5.74, 6) is -0.501. The van der Waals surface area contributed by atoms with Crippen molar-refractivity contribution in [3.05, 3.63) is 65.5 Å². The van der Waals surface area contributed by atoms with Gasteiger partial charge in [-0.2, -0.15) is 0 Å². The van der Waals surface area contributed by atoms with Crippen LogP contribution in [0.5, 0.6) is 0 Å². The normalized spacial score (nSPS) is 10.6. The molecule has 0 saturated heterocycles. The van der Waals surface area contributed by atoms with E-state index in [0.29, 0.717) is 17.4 Å². The molecule has 0 unspecified atom stereocenters. The molecule has 0 bridgehead atoms. The van der Waals surface area contributed by atoms with Crippen molar-refractivity contribution in [2.24, 2.45) is 0 Å². The molecule has 3 aromatic rings. The van der Waals surface area contributed by atoms with Crippen LogP contribution in [0.25, 0.3) is 0 Å². The number of aromatic nitrogens is 4. The fraction of sp³-hybridized carbons (Fsp3) is 0.176. The summed E-state index contributed by atoms with van der Waals surface area (Å²) in [6.45, 7) is 2.34. The standard InChI is InChI=1S/C17H16FN5OS/c1-12-7-8-14(18)9-15(12)19-16(24)11-25-17-20-21-22-23(17)10-13-5-3-2-4-6-13/h2-9H,10-11H2,1H3,(H,19,24). The molecule has 0 saturated carbocycles. The van der Waals surface area contributed by atoms with E-state index < -0.39 is 0 Å². The van der Waals surface area contributed by atoms with Crippen LogP contribution in [0.2, 0.25) is 0 Å². The number of nitrogens with one attached hydrogen (secondary N) is 1. The minimum absolute atomic E-state index is 0.130. The van der Waals surface area contributed by atoms with E-state index in [1.54, 1.807) is 10.7 Å². The van der Waals surface area contributed by atoms with Crippen LogP contribution in [-0.4, -0.2) is 31.9 Å². The molecular formula is C17H16FN5OS. The second-order valence-corrected chi connectivity index (χ2v) is 6.34. The summed E-state index contributed by atoms with van der Waals surface area (Å²) in [5.41, 5.74) is 2.33. The highest BCUT2D eigenvalue weighted by molar-refractivity contribution is 7.99. The Morgan fingerprint density at radius 3 is 2.84 bits per heavy atom. The van der Waals surface area contributed by atoms with Crippen LogP contribution in [-0.2, 0) is 11.3 Å². The Labute approximate surface area is 148 Å². The first-order chi connectivity index (χ1) is 12.1. The topological polar surface area (TPSA) is 72.7 Å². The van der Waals surface area contributed by atoms with Gasteiger partial charge in [0.25, 0.3) is 0 Å². The number of hydrogen-bond donors (Lipinski definition) is 1. The van der Waals surface area contributed by atoms with E-state index >= 15 is 0 Å². The molecule has 1 aromatic heterocycles. The predicted octanol–water partition coefficient (Wildman–Crippen LogP) is 2.90. The number of tetrazole rings is 1. The number of nitrogens with zero attached hydrogens (tertiary/aromatic N) is 4. The highest BCUT2D eigenvalue weighted by Crippen LogP contribution is 2.18. The Hall–Kier alpha value is -2.74. The molecule has 3 rings (SSSR count). The number of aryl methyl sites for hydroxylation is 1. The third kappa shape index (κ3) is 4.63. The average Bonchev–Trinajstić information content (AvgIpc) is 3.04. The van der Waals surface area contributed by atoms with Gasteiger partial charge in [-0.15, -0.1) is 5.10 Å². The van der Waals surface area contributed by atoms with Crippen molar-refractivity contribution in [2.75, 3.05) is 11.1 Å². The van der Waals surface area contributed by atoms with Gasteiger partial charge in [0.1, 0.15) is 5.82 Å². The Morgan fingerprint density at radius 1 is 1.24 bits per heavy atom. The molecular weight excluding hydrogens is 341 g/mol. The van der Waals surface area contributed by atoms with Crippen LogP contribution in [0.1, 0.15) is 11.1 Å². The zero-order valence-electron chi connectivity index (χ0n) is 13.5. The van der Waals surface area contributed by atoms with E-state index in [0.717, 1.165) is 11.1 Å². The molecule has 2 aromatic carbocycles. The Balaban J connectivity index is 1.59. The van der Waals surface area contributed by atoms with Gasteiger partial charge >= 0.3 is 0 Å². The predicted molar refractivity (Wildman–Crippen MR) is 93.9 cm³/mol. The Kier molecular flexibility index (Phi) is 5.39. The lowest BCUT2D eigenvalue weighted by Gasteiger charge is -2.08. The molecule has 1 N–H and O–H groups in total. The second kappa shape index (κ2) is 7.89. The summed E-state index contributed by atoms with van der Waals surface area (Å²) in [7, 11) is 0. The molecule has 0 aliphatic rings. The zero-order chi connectivity index (χ0) is 17.6. The molecule has 0 aliphatic carbocycles. The second-order valence-electron chi connectivity index (χ2n) is 5.40. The van der Waals surface area contributed by atoms with Crippen molar-refractivity contribution < 1.29 is 9.18 Å². The third-order valence-corrected chi connectivity index (χ3v) is 4.44. The van der Waals surface area contributed by atoms with Gasteiger partial charge in [0.2, 0.25) is 11.1 Å². The number of amides is 1. The number of rotatable bonds is 6. The number of carbonyl (C=O) groups is 1. The van der Waals surface area contributed by atoms with Gasteiger partial charge in [-0.05, 0) is 40.6 Å². The van der Waals surface area contributed by atoms with E-state index in [-0.39, 0.29) is 17.5 Å². The molecule has 8 heteroatoms. The van der Waals surface area contributed by atoms with Crippen LogP contribution < -0.4 is 5.32 Å². The largest absolute Gasteiger partial charge is 0.325 e. The zero-order valence-corrected chi connectivity index (χ0v) is 14.3. The average molecular weight is 357 g/mol. The monoisotopic (exact) mass is 357 g/mol. The lowest BCUT2D eigenvalue weighted by molar-refractivity contribution is -0.113. The quantitative estimate of drug-likeness (QED) is 0.687. The summed E-state index contributed by atoms with van der Waals surface area (Å²) in [5, 5.41) is 14.8. The lowest BCUT2D eigenvalue weighted by atomic mass is 10.2. The molecule has 0 fully saturated rings. The van der Waals surface area contributed by atoms with Crippen molar-refractivity contribution >= 4 is 23.4 Å². The fourth-order valence-corrected chi connectivity index (χ4v) is 2.88. The van der Waals surface area contributed by atoms with Crippen LogP contribution >= 0.6 is 11.8 Å². The van der Waals surface area contributed by atoms with Gasteiger partial charge in [0.05, 0.1) is 12.3 Å². The molecule has 25 heavy (non-hydrogen) atoms. The number of thioether (sulfide) groups is 1. The van der Waals surface area contributed by atoms with Gasteiger partial charge in [0.15, 0.2) is 0 Å². The molecule has 0 atom stereocenters. The third-order valence-electron chi connectivity index (χ3n) is 3.48. The van der Waals surface area contributed by atoms with Gasteiger partial charge in [0, 0.05) is 5.69 Å². The van der Waals surface area contributed by atoms with Crippen LogP contribution in [0.4, 0.5) is 10.1 Å². The summed E-state index contributed by atoms with van der Waals surface area (Å²) >= 11 is 1.23. The van der Waals surface area contributed by atoms with Gasteiger partial charge < -0.3 is 5.32 Å². The summed E-state index contributed by atoms with van der Waals surface area (Å²) in [4.78, 5) is 12.1. The number of halogens is 1. The van der Waals surface area contributed by atoms with Crippen LogP contribution in [0, 0.1) is 12.7 Å². The number of anilines is 1. The summed E-state index contributed by atoms with van der Waals surface area (Å²) in [6, 6.07) is 14.1. The highest BCUT2D eigenvalue weighted by Gasteiger charge is 2.11. The summed E-state index contributed by atoms with van der Waals surface area (Å²) < 4.78 is 14.9. The minimum atomic E-state index is -0.389. The van der Waals surface area contributed by atoms with E-state index in [2.05, 4.69) is 20.8 Å². The molecule has 0 spiro atoms. The van der Waals surface area contributed by atoms with Crippen LogP contribution in [0.3, 0.4) is 0 Å². The first-order valence-electron chi connectivity index (χ1n) is 7.61. The Bertz CT molecular complexity index is 868. The number of hydrogen-bond acceptors (Lipinski definition) is 5. The van der Waals surface area contributed by atoms with Crippen molar-refractivity contribution in [1.29, 1.82) is 0 Å². The first kappa shape index (κ1) is 17.1. The maximum Gasteiger partial charge on any atom is 0.234 e. The van der Waals surface area contributed by atoms with Crippen molar-refractivity contribution in [3.63, 3.8) is 0 Å². The molecule has 128 valence electrons. The van der Waals surface area contributed by atoms with E-state index in [9.17, 15) is 9.18 Å². The van der Waals surface area contributed by atoms with Gasteiger partial charge in [-0.25, -0.2) is 9.07 Å². The van der Waals surface area contributed by atoms with E-state index in [4.69, 9.17) is 0 Å². The fourth-order valence-electron chi connectivity index (χ4n) is 2.20.